The van der Waals surface area contributed by atoms with Gasteiger partial charge >= 0.3 is 0 Å². The highest BCUT2D eigenvalue weighted by atomic mass is 35.7. The molecule has 0 aromatic heterocycles. The first kappa shape index (κ1) is 12.8. The molecule has 0 unspecified atom stereocenters. The molecule has 15 heavy (non-hydrogen) atoms. The minimum atomic E-state index is -4.38. The first-order valence-electron chi connectivity index (χ1n) is 4.13. The van der Waals surface area contributed by atoms with Gasteiger partial charge in [0.05, 0.1) is 10.2 Å². The fourth-order valence-electron chi connectivity index (χ4n) is 1.10. The highest BCUT2D eigenvalue weighted by Gasteiger charge is 2.33. The second-order valence-corrected chi connectivity index (χ2v) is 7.68. The van der Waals surface area contributed by atoms with Gasteiger partial charge in [-0.05, 0) is 19.1 Å². The molecule has 1 aromatic carbocycles. The third-order valence-corrected chi connectivity index (χ3v) is 5.11. The molecule has 0 saturated heterocycles. The first-order valence-corrected chi connectivity index (χ1v) is 7.73. The van der Waals surface area contributed by atoms with Crippen molar-refractivity contribution in [3.63, 3.8) is 0 Å². The molecule has 0 bridgehead atoms. The monoisotopic (exact) mass is 252 g/mol. The molecule has 0 aliphatic heterocycles. The van der Waals surface area contributed by atoms with Crippen molar-refractivity contribution in [2.45, 2.75) is 11.8 Å². The molecule has 0 atom stereocenters. The Balaban J connectivity index is 2.90. The van der Waals surface area contributed by atoms with Crippen molar-refractivity contribution in [1.82, 2.24) is 0 Å². The van der Waals surface area contributed by atoms with E-state index in [0.717, 1.165) is 10.5 Å². The largest absolute Gasteiger partial charge is 0.182 e. The minimum absolute atomic E-state index is 0.722. The number of hydrogen-bond donors (Lipinski definition) is 0. The van der Waals surface area contributed by atoms with Crippen molar-refractivity contribution in [2.24, 2.45) is 0 Å². The van der Waals surface area contributed by atoms with Crippen LogP contribution in [0, 0.1) is 17.2 Å². The predicted molar refractivity (Wildman–Crippen MR) is 50.0 cm³/mol. The van der Waals surface area contributed by atoms with Gasteiger partial charge < -0.3 is 0 Å². The van der Waals surface area contributed by atoms with Crippen LogP contribution in [0.4, 0.5) is 0 Å². The van der Waals surface area contributed by atoms with E-state index in [-0.39, 0.29) is 0 Å². The van der Waals surface area contributed by atoms with Gasteiger partial charge in [-0.25, -0.2) is 0 Å². The van der Waals surface area contributed by atoms with Crippen molar-refractivity contribution < 1.29 is 28.0 Å². The maximum Gasteiger partial charge on any atom is 0.125 e. The van der Waals surface area contributed by atoms with Crippen LogP contribution < -0.4 is 14.0 Å². The molecule has 0 N–H and O–H groups in total. The molecule has 86 valence electrons. The van der Waals surface area contributed by atoms with Gasteiger partial charge in [0, 0.05) is 27.7 Å². The summed E-state index contributed by atoms with van der Waals surface area (Å²) in [6.07, 6.45) is 3.22. The number of halogens is 1. The highest BCUT2D eigenvalue weighted by molar-refractivity contribution is 8.28. The molecule has 0 aliphatic rings. The van der Waals surface area contributed by atoms with E-state index in [9.17, 15) is 14.0 Å². The summed E-state index contributed by atoms with van der Waals surface area (Å²) in [7, 11) is -6.43. The lowest BCUT2D eigenvalue weighted by molar-refractivity contribution is -1.91. The van der Waals surface area contributed by atoms with E-state index in [1.807, 2.05) is 19.1 Å². The van der Waals surface area contributed by atoms with E-state index in [2.05, 4.69) is 3.74 Å². The molecule has 0 amide bonds. The van der Waals surface area contributed by atoms with Crippen LogP contribution in [0.25, 0.3) is 0 Å². The molecule has 1 rings (SSSR count). The average molecular weight is 253 g/mol. The van der Waals surface area contributed by atoms with E-state index in [1.165, 1.54) is 0 Å². The van der Waals surface area contributed by atoms with E-state index in [0.29, 0.717) is 0 Å². The Hall–Kier alpha value is -0.300. The van der Waals surface area contributed by atoms with Gasteiger partial charge in [-0.3, -0.25) is 0 Å². The van der Waals surface area contributed by atoms with Crippen LogP contribution in [-0.2, 0) is 3.74 Å². The van der Waals surface area contributed by atoms with Crippen LogP contribution in [0.1, 0.15) is 5.56 Å². The SMILES string of the molecule is Cc1ccc(S(C)(C)O[Cl+3]([O-])([O-])[O-])cc1. The summed E-state index contributed by atoms with van der Waals surface area (Å²) >= 11 is 0. The average Bonchev–Trinajstić information content (AvgIpc) is 2.00. The van der Waals surface area contributed by atoms with Gasteiger partial charge in [0.1, 0.15) is 3.74 Å². The van der Waals surface area contributed by atoms with Gasteiger partial charge in [0.15, 0.2) is 0 Å². The fourth-order valence-corrected chi connectivity index (χ4v) is 3.72. The van der Waals surface area contributed by atoms with Crippen LogP contribution in [-0.4, -0.2) is 12.5 Å². The summed E-state index contributed by atoms with van der Waals surface area (Å²) in [4.78, 5) is 0.722. The van der Waals surface area contributed by atoms with Gasteiger partial charge in [-0.2, -0.15) is 14.0 Å². The Labute approximate surface area is 92.8 Å². The zero-order valence-electron chi connectivity index (χ0n) is 8.73. The Morgan fingerprint density at radius 1 is 1.07 bits per heavy atom. The molecule has 0 radical (unpaired) electrons. The van der Waals surface area contributed by atoms with Crippen LogP contribution in [0.2, 0.25) is 0 Å². The summed E-state index contributed by atoms with van der Waals surface area (Å²) < 4.78 is 36.0. The number of hydrogen-bond acceptors (Lipinski definition) is 4. The number of rotatable bonds is 3. The third-order valence-electron chi connectivity index (χ3n) is 1.82. The maximum absolute atomic E-state index is 10.5. The first-order chi connectivity index (χ1) is 6.71. The Morgan fingerprint density at radius 2 is 1.53 bits per heavy atom. The molecule has 4 nitrogen and oxygen atoms in total. The normalized spacial score (nSPS) is 14.0. The van der Waals surface area contributed by atoms with Gasteiger partial charge in [-0.1, -0.05) is 17.7 Å². The van der Waals surface area contributed by atoms with Crippen molar-refractivity contribution in [1.29, 1.82) is 0 Å². The summed E-state index contributed by atoms with van der Waals surface area (Å²) in [5.41, 5.74) is 1.07. The molecule has 0 fully saturated rings. The summed E-state index contributed by atoms with van der Waals surface area (Å²) in [5, 5.41) is 0. The topological polar surface area (TPSA) is 78.4 Å². The Bertz CT molecular complexity index is 331. The second kappa shape index (κ2) is 4.29. The third kappa shape index (κ3) is 3.98. The second-order valence-electron chi connectivity index (χ2n) is 3.49. The zero-order valence-corrected chi connectivity index (χ0v) is 10.3. The van der Waals surface area contributed by atoms with Crippen LogP contribution in [0.5, 0.6) is 0 Å². The lowest BCUT2D eigenvalue weighted by Gasteiger charge is -2.26. The molecule has 6 heteroatoms. The van der Waals surface area contributed by atoms with E-state index in [4.69, 9.17) is 0 Å². The molecular formula is C9H13ClO4S. The van der Waals surface area contributed by atoms with Crippen molar-refractivity contribution in [3.8, 4) is 0 Å². The minimum Gasteiger partial charge on any atom is -0.182 e. The van der Waals surface area contributed by atoms with E-state index < -0.39 is 20.6 Å². The molecule has 1 aromatic rings. The Morgan fingerprint density at radius 3 is 1.93 bits per heavy atom. The summed E-state index contributed by atoms with van der Waals surface area (Å²) in [5.74, 6) is 0. The molecule has 0 saturated carbocycles. The zero-order chi connectivity index (χ0) is 11.7. The van der Waals surface area contributed by atoms with Crippen LogP contribution in [0.3, 0.4) is 0 Å². The van der Waals surface area contributed by atoms with Gasteiger partial charge in [-0.15, -0.1) is 0 Å². The van der Waals surface area contributed by atoms with E-state index >= 15 is 0 Å². The molecular weight excluding hydrogens is 240 g/mol. The maximum atomic E-state index is 10.5. The molecule has 0 heterocycles. The lowest BCUT2D eigenvalue weighted by atomic mass is 10.2. The highest BCUT2D eigenvalue weighted by Crippen LogP contribution is 2.51. The molecule has 0 aliphatic carbocycles. The fraction of sp³-hybridized carbons (Fsp3) is 0.333. The number of aryl methyl sites for hydroxylation is 1. The quantitative estimate of drug-likeness (QED) is 0.709. The van der Waals surface area contributed by atoms with Crippen LogP contribution >= 0.6 is 10.3 Å². The lowest BCUT2D eigenvalue weighted by Crippen LogP contribution is -2.61. The van der Waals surface area contributed by atoms with E-state index in [1.54, 1.807) is 24.6 Å². The van der Waals surface area contributed by atoms with Crippen molar-refractivity contribution in [2.75, 3.05) is 12.5 Å². The summed E-state index contributed by atoms with van der Waals surface area (Å²) in [6, 6.07) is 7.24. The van der Waals surface area contributed by atoms with Crippen molar-refractivity contribution in [3.05, 3.63) is 29.8 Å². The smallest absolute Gasteiger partial charge is 0.125 e. The predicted octanol–water partition coefficient (Wildman–Crippen LogP) is -0.753. The number of benzene rings is 1. The standard InChI is InChI=1S/C9H13ClO4S/c1-8-4-6-9(7-5-8)15(2,3)14-10(11,12)13/h4-7H,1-3H3. The summed E-state index contributed by atoms with van der Waals surface area (Å²) in [6.45, 7) is 1.93. The van der Waals surface area contributed by atoms with Gasteiger partial charge in [0.25, 0.3) is 0 Å². The molecule has 0 spiro atoms. The van der Waals surface area contributed by atoms with Crippen LogP contribution in [0.15, 0.2) is 29.2 Å². The Kier molecular flexibility index (Phi) is 3.65. The van der Waals surface area contributed by atoms with Gasteiger partial charge in [0.2, 0.25) is 0 Å². The van der Waals surface area contributed by atoms with Crippen molar-refractivity contribution >= 4 is 10.3 Å².